The maximum absolute atomic E-state index is 12.1. The third-order valence-electron chi connectivity index (χ3n) is 17.9. The summed E-state index contributed by atoms with van der Waals surface area (Å²) in [5, 5.41) is 29.8. The van der Waals surface area contributed by atoms with E-state index < -0.39 is 11.7 Å². The fraction of sp³-hybridized carbons (Fsp3) is 0.270. The Bertz CT molecular complexity index is 5640. The first-order valence-corrected chi connectivity index (χ1v) is 39.4. The number of para-hydroxylation sites is 5. The minimum atomic E-state index is -0.561. The zero-order valence-corrected chi connectivity index (χ0v) is 76.6. The average molecular weight is 1790 g/mol. The molecule has 11 N–H and O–H groups in total. The third kappa shape index (κ3) is 30.5. The molecular formula is C89H108Cl3N19O9S3. The van der Waals surface area contributed by atoms with E-state index in [1.807, 2.05) is 112 Å². The number of aromatic nitrogens is 9. The second-order valence-electron chi connectivity index (χ2n) is 27.4. The third-order valence-corrected chi connectivity index (χ3v) is 18.5. The van der Waals surface area contributed by atoms with Crippen LogP contribution >= 0.6 is 75.3 Å². The molecule has 0 fully saturated rings. The molecule has 0 aliphatic heterocycles. The van der Waals surface area contributed by atoms with Crippen molar-refractivity contribution in [1.82, 2.24) is 87.4 Å². The average Bonchev–Trinajstić information content (AvgIpc) is 0.804. The standard InChI is InChI=1S/C19H23N3O3.C18H18ClN5O.C16H19N3O2.C16H17N3O2.C14H17N3O.C4H2Cl2N2.C2H6.3H2S/c1-12(11-22-18(24)25-19(2,3)4)13-7-6-8-14-15(17(23)20-5)9-10-21-16(13)14;1-11(9-22-16-8-15(19)23-10-24-16)12-4-3-5-13-14(18(25)20-2)6-7-21-17(12)13;2*1-10(9-19-11(2)20)12-5-4-6-13-14(16(21)17-3)7-8-18-15(12)13;1-9(8-15)10-4-3-5-11-12(14(18)16-2)6-7-17-13(10)11;5-3-1-4(6)8-2-7-3;1-2;;;/h6-10H,1,11H2,2-5H3,(H,20,23)(H,22,24);3-8,10-11H,9H2,1-2H3,(H,20,25)(H,22,23,24);4-8,10H,9H2,1-3H3,(H,17,21)(H,19,20);4-8H,1,9H2,2-3H3,(H,17,21)(H,19,20);3-7,9H,8,15H2,1-2H3,(H,16,18);1-2H;1-2H3;3*1H2/t;11-;10-;;9-;;;;;/m.11.1...../s1. The number of hydrogen-bond acceptors (Lipinski definition) is 20. The molecule has 0 radical (unpaired) electrons. The van der Waals surface area contributed by atoms with Crippen LogP contribution in [0, 0.1) is 0 Å². The van der Waals surface area contributed by atoms with Crippen molar-refractivity contribution in [2.45, 2.75) is 92.6 Å². The van der Waals surface area contributed by atoms with E-state index in [0.717, 1.165) is 76.9 Å². The predicted molar refractivity (Wildman–Crippen MR) is 510 cm³/mol. The number of ether oxygens (including phenoxy) is 1. The van der Waals surface area contributed by atoms with Crippen molar-refractivity contribution in [3.8, 4) is 0 Å². The summed E-state index contributed by atoms with van der Waals surface area (Å²) in [5.74, 6) is 0.313. The molecule has 28 nitrogen and oxygen atoms in total. The van der Waals surface area contributed by atoms with Crippen LogP contribution in [0.2, 0.25) is 15.5 Å². The molecular weight excluding hydrogens is 1680 g/mol. The van der Waals surface area contributed by atoms with E-state index in [2.05, 4.69) is 120 Å². The van der Waals surface area contributed by atoms with Gasteiger partial charge in [0.15, 0.2) is 0 Å². The summed E-state index contributed by atoms with van der Waals surface area (Å²) in [7, 11) is 8.03. The maximum Gasteiger partial charge on any atom is 0.407 e. The zero-order chi connectivity index (χ0) is 88.3. The van der Waals surface area contributed by atoms with E-state index in [1.54, 1.807) is 123 Å². The monoisotopic (exact) mass is 1790 g/mol. The molecule has 34 heteroatoms. The zero-order valence-electron chi connectivity index (χ0n) is 71.3. The first-order chi connectivity index (χ1) is 57.4. The van der Waals surface area contributed by atoms with Crippen molar-refractivity contribution in [3.05, 3.63) is 261 Å². The molecule has 3 atom stereocenters. The van der Waals surface area contributed by atoms with Gasteiger partial charge in [0.2, 0.25) is 11.8 Å². The first kappa shape index (κ1) is 105. The lowest BCUT2D eigenvalue weighted by Crippen LogP contribution is -2.33. The molecule has 0 unspecified atom stereocenters. The number of hydrogen-bond donors (Lipinski definition) is 10. The van der Waals surface area contributed by atoms with Crippen molar-refractivity contribution in [2.75, 3.05) is 73.3 Å². The Morgan fingerprint density at radius 2 is 0.699 bits per heavy atom. The number of nitrogens with zero attached hydrogens (tertiary/aromatic N) is 9. The molecule has 0 saturated carbocycles. The fourth-order valence-electron chi connectivity index (χ4n) is 11.9. The summed E-state index contributed by atoms with van der Waals surface area (Å²) in [4.78, 5) is 131. The molecule has 7 heterocycles. The smallest absolute Gasteiger partial charge is 0.407 e. The van der Waals surface area contributed by atoms with Gasteiger partial charge in [-0.3, -0.25) is 58.5 Å². The Labute approximate surface area is 752 Å². The Hall–Kier alpha value is -12.0. The maximum atomic E-state index is 12.1. The van der Waals surface area contributed by atoms with Crippen LogP contribution in [-0.4, -0.2) is 166 Å². The van der Waals surface area contributed by atoms with Crippen molar-refractivity contribution < 1.29 is 43.1 Å². The first-order valence-electron chi connectivity index (χ1n) is 38.2. The number of carbonyl (C=O) groups is 8. The molecule has 8 amide bonds. The predicted octanol–water partition coefficient (Wildman–Crippen LogP) is 14.8. The Morgan fingerprint density at radius 1 is 0.398 bits per heavy atom. The second-order valence-corrected chi connectivity index (χ2v) is 28.6. The highest BCUT2D eigenvalue weighted by molar-refractivity contribution is 7.59. The van der Waals surface area contributed by atoms with Crippen molar-refractivity contribution >= 4 is 194 Å². The number of nitrogens with two attached hydrogens (primary N) is 1. The lowest BCUT2D eigenvalue weighted by Gasteiger charge is -2.20. The largest absolute Gasteiger partial charge is 0.444 e. The van der Waals surface area contributed by atoms with Gasteiger partial charge in [-0.05, 0) is 91.4 Å². The van der Waals surface area contributed by atoms with E-state index in [0.29, 0.717) is 91.9 Å². The summed E-state index contributed by atoms with van der Waals surface area (Å²) in [6.07, 6.45) is 10.4. The number of carbonyl (C=O) groups excluding carboxylic acids is 8. The number of halogens is 3. The molecule has 12 rings (SSSR count). The number of amides is 8. The van der Waals surface area contributed by atoms with Crippen LogP contribution in [0.3, 0.4) is 0 Å². The van der Waals surface area contributed by atoms with Crippen LogP contribution in [0.15, 0.2) is 190 Å². The number of fused-ring (bicyclic) bond motifs is 5. The van der Waals surface area contributed by atoms with E-state index in [1.165, 1.54) is 32.6 Å². The topological polar surface area (TPSA) is 396 Å². The van der Waals surface area contributed by atoms with E-state index in [9.17, 15) is 38.4 Å². The number of benzene rings is 5. The minimum absolute atomic E-state index is 0. The number of nitrogens with one attached hydrogen (secondary N) is 9. The van der Waals surface area contributed by atoms with Crippen LogP contribution in [0.5, 0.6) is 0 Å². The van der Waals surface area contributed by atoms with Gasteiger partial charge in [-0.25, -0.2) is 24.7 Å². The van der Waals surface area contributed by atoms with Gasteiger partial charge in [-0.2, -0.15) is 40.5 Å². The number of rotatable bonds is 20. The number of anilines is 1. The fourth-order valence-corrected chi connectivity index (χ4v) is 12.4. The van der Waals surface area contributed by atoms with Gasteiger partial charge in [0, 0.05) is 168 Å². The van der Waals surface area contributed by atoms with E-state index in [-0.39, 0.29) is 106 Å². The van der Waals surface area contributed by atoms with Crippen molar-refractivity contribution in [1.29, 1.82) is 0 Å². The van der Waals surface area contributed by atoms with Gasteiger partial charge in [0.1, 0.15) is 39.5 Å². The van der Waals surface area contributed by atoms with Gasteiger partial charge < -0.3 is 58.3 Å². The lowest BCUT2D eigenvalue weighted by molar-refractivity contribution is -0.119. The molecule has 0 aliphatic carbocycles. The highest BCUT2D eigenvalue weighted by atomic mass is 35.5. The molecule has 652 valence electrons. The van der Waals surface area contributed by atoms with Gasteiger partial charge in [-0.15, -0.1) is 0 Å². The number of alkyl carbamates (subject to hydrolysis) is 1. The van der Waals surface area contributed by atoms with Gasteiger partial charge >= 0.3 is 6.09 Å². The molecule has 0 aliphatic rings. The van der Waals surface area contributed by atoms with Crippen LogP contribution in [-0.2, 0) is 14.3 Å². The van der Waals surface area contributed by atoms with E-state index >= 15 is 0 Å². The van der Waals surface area contributed by atoms with Crippen LogP contribution < -0.4 is 53.6 Å². The Balaban J connectivity index is 0.000000385. The van der Waals surface area contributed by atoms with Gasteiger partial charge in [0.25, 0.3) is 29.5 Å². The molecule has 5 aromatic carbocycles. The highest BCUT2D eigenvalue weighted by Gasteiger charge is 2.22. The number of pyridine rings is 5. The van der Waals surface area contributed by atoms with Crippen molar-refractivity contribution in [3.63, 3.8) is 0 Å². The summed E-state index contributed by atoms with van der Waals surface area (Å²) in [6, 6.07) is 40.4. The summed E-state index contributed by atoms with van der Waals surface area (Å²) >= 11 is 16.7. The molecule has 0 saturated heterocycles. The Morgan fingerprint density at radius 3 is 1.01 bits per heavy atom. The molecule has 0 bridgehead atoms. The van der Waals surface area contributed by atoms with Crippen LogP contribution in [0.1, 0.15) is 167 Å². The van der Waals surface area contributed by atoms with Crippen LogP contribution in [0.25, 0.3) is 65.7 Å². The van der Waals surface area contributed by atoms with Crippen molar-refractivity contribution in [2.24, 2.45) is 5.73 Å². The normalized spacial score (nSPS) is 10.9. The SMILES string of the molecule is C=C(CNC(=O)OC(C)(C)C)c1cccc2c(C(=O)NC)ccnc12.C=C(CNC(C)=O)c1cccc2c(C(=O)NC)ccnc12.CC.CNC(=O)c1ccnc2c([C@H](C)CN)cccc12.CNC(=O)c1ccnc2c([C@H](C)CNC(C)=O)cccc12.CNC(=O)c1ccnc2c([C@H](C)CNc3cc(Cl)ncn3)cccc12.Clc1cc(Cl)ncn1.S.S.S. The summed E-state index contributed by atoms with van der Waals surface area (Å²) in [6.45, 7) is 28.9. The molecule has 0 spiro atoms. The molecule has 7 aromatic heterocycles. The second kappa shape index (κ2) is 52.4. The summed E-state index contributed by atoms with van der Waals surface area (Å²) < 4.78 is 5.22. The molecule has 123 heavy (non-hydrogen) atoms. The van der Waals surface area contributed by atoms with E-state index in [4.69, 9.17) is 45.3 Å². The van der Waals surface area contributed by atoms with Gasteiger partial charge in [-0.1, -0.05) is 174 Å². The van der Waals surface area contributed by atoms with Crippen LogP contribution in [0.4, 0.5) is 10.6 Å². The summed E-state index contributed by atoms with van der Waals surface area (Å²) in [5.41, 5.74) is 18.2. The quantitative estimate of drug-likeness (QED) is 0.0317. The highest BCUT2D eigenvalue weighted by Crippen LogP contribution is 2.32. The minimum Gasteiger partial charge on any atom is -0.444 e. The Kier molecular flexibility index (Phi) is 44.8. The lowest BCUT2D eigenvalue weighted by atomic mass is 9.96. The van der Waals surface area contributed by atoms with Gasteiger partial charge in [0.05, 0.1) is 55.4 Å². The molecule has 12 aromatic rings.